The second-order valence-electron chi connectivity index (χ2n) is 5.62. The zero-order valence-corrected chi connectivity index (χ0v) is 12.5. The van der Waals surface area contributed by atoms with Gasteiger partial charge in [-0.1, -0.05) is 0 Å². The van der Waals surface area contributed by atoms with Crippen molar-refractivity contribution in [3.05, 3.63) is 17.0 Å². The number of hydrogen-bond donors (Lipinski definition) is 3. The predicted molar refractivity (Wildman–Crippen MR) is 81.0 cm³/mol. The van der Waals surface area contributed by atoms with E-state index in [4.69, 9.17) is 5.11 Å². The van der Waals surface area contributed by atoms with E-state index in [0.717, 1.165) is 19.4 Å². The molecule has 2 atom stereocenters. The molecular weight excluding hydrogens is 290 g/mol. The fourth-order valence-electron chi connectivity index (χ4n) is 3.25. The number of carboxylic acids is 1. The third-order valence-corrected chi connectivity index (χ3v) is 5.11. The molecule has 1 aromatic rings. The van der Waals surface area contributed by atoms with Gasteiger partial charge in [0.05, 0.1) is 5.56 Å². The Balaban J connectivity index is 1.54. The summed E-state index contributed by atoms with van der Waals surface area (Å²) in [7, 11) is 0. The monoisotopic (exact) mass is 309 g/mol. The average Bonchev–Trinajstić information content (AvgIpc) is 3.06. The van der Waals surface area contributed by atoms with Gasteiger partial charge in [0.15, 0.2) is 0 Å². The molecule has 0 aliphatic carbocycles. The van der Waals surface area contributed by atoms with E-state index >= 15 is 0 Å². The van der Waals surface area contributed by atoms with Gasteiger partial charge in [0.25, 0.3) is 0 Å². The topological polar surface area (TPSA) is 81.7 Å². The molecule has 1 aromatic heterocycles. The SMILES string of the molecule is O=C(Nc1sccc1C(=O)O)NC1CCN2CCCC2C1. The number of anilines is 1. The van der Waals surface area contributed by atoms with Crippen LogP contribution in [0.15, 0.2) is 11.4 Å². The van der Waals surface area contributed by atoms with Crippen LogP contribution in [0.2, 0.25) is 0 Å². The number of carbonyl (C=O) groups is 2. The summed E-state index contributed by atoms with van der Waals surface area (Å²) in [4.78, 5) is 25.5. The average molecular weight is 309 g/mol. The molecular formula is C14H19N3O3S. The number of thiophene rings is 1. The Bertz CT molecular complexity index is 545. The maximum atomic E-state index is 12.0. The second-order valence-corrected chi connectivity index (χ2v) is 6.54. The number of hydrogen-bond acceptors (Lipinski definition) is 4. The molecule has 2 aliphatic rings. The smallest absolute Gasteiger partial charge is 0.338 e. The molecule has 114 valence electrons. The summed E-state index contributed by atoms with van der Waals surface area (Å²) in [5, 5.41) is 16.7. The van der Waals surface area contributed by atoms with Crippen LogP contribution < -0.4 is 10.6 Å². The summed E-state index contributed by atoms with van der Waals surface area (Å²) >= 11 is 1.22. The Morgan fingerprint density at radius 1 is 1.33 bits per heavy atom. The molecule has 7 heteroatoms. The second kappa shape index (κ2) is 6.03. The normalized spacial score (nSPS) is 25.3. The maximum Gasteiger partial charge on any atom is 0.338 e. The minimum atomic E-state index is -1.02. The van der Waals surface area contributed by atoms with Gasteiger partial charge in [-0.2, -0.15) is 0 Å². The van der Waals surface area contributed by atoms with Crippen molar-refractivity contribution < 1.29 is 14.7 Å². The van der Waals surface area contributed by atoms with Crippen molar-refractivity contribution in [2.45, 2.75) is 37.8 Å². The lowest BCUT2D eigenvalue weighted by Gasteiger charge is -2.35. The van der Waals surface area contributed by atoms with Gasteiger partial charge in [0.1, 0.15) is 5.00 Å². The molecule has 0 saturated carbocycles. The van der Waals surface area contributed by atoms with E-state index in [9.17, 15) is 9.59 Å². The van der Waals surface area contributed by atoms with Crippen molar-refractivity contribution >= 4 is 28.3 Å². The highest BCUT2D eigenvalue weighted by Gasteiger charge is 2.32. The van der Waals surface area contributed by atoms with E-state index in [0.29, 0.717) is 11.0 Å². The predicted octanol–water partition coefficient (Wildman–Crippen LogP) is 2.19. The largest absolute Gasteiger partial charge is 0.478 e. The lowest BCUT2D eigenvalue weighted by molar-refractivity contribution is 0.0698. The molecule has 0 radical (unpaired) electrons. The summed E-state index contributed by atoms with van der Waals surface area (Å²) in [5.74, 6) is -1.02. The molecule has 0 bridgehead atoms. The van der Waals surface area contributed by atoms with Crippen molar-refractivity contribution in [1.82, 2.24) is 10.2 Å². The Labute approximate surface area is 127 Å². The number of carbonyl (C=O) groups excluding carboxylic acids is 1. The number of piperidine rings is 1. The van der Waals surface area contributed by atoms with Gasteiger partial charge in [0.2, 0.25) is 0 Å². The number of nitrogens with zero attached hydrogens (tertiary/aromatic N) is 1. The summed E-state index contributed by atoms with van der Waals surface area (Å²) in [5.41, 5.74) is 0.140. The number of aromatic carboxylic acids is 1. The molecule has 3 heterocycles. The Kier molecular flexibility index (Phi) is 4.12. The van der Waals surface area contributed by atoms with Gasteiger partial charge in [-0.15, -0.1) is 11.3 Å². The van der Waals surface area contributed by atoms with E-state index in [-0.39, 0.29) is 17.6 Å². The molecule has 3 rings (SSSR count). The first-order valence-corrected chi connectivity index (χ1v) is 8.14. The Morgan fingerprint density at radius 2 is 2.19 bits per heavy atom. The van der Waals surface area contributed by atoms with E-state index in [1.807, 2.05) is 0 Å². The zero-order chi connectivity index (χ0) is 14.8. The quantitative estimate of drug-likeness (QED) is 0.799. The van der Waals surface area contributed by atoms with Gasteiger partial charge in [-0.3, -0.25) is 5.32 Å². The molecule has 0 spiro atoms. The van der Waals surface area contributed by atoms with Crippen molar-refractivity contribution in [2.24, 2.45) is 0 Å². The van der Waals surface area contributed by atoms with Gasteiger partial charge < -0.3 is 15.3 Å². The number of urea groups is 1. The van der Waals surface area contributed by atoms with Crippen LogP contribution in [0.5, 0.6) is 0 Å². The van der Waals surface area contributed by atoms with Crippen molar-refractivity contribution in [1.29, 1.82) is 0 Å². The highest BCUT2D eigenvalue weighted by Crippen LogP contribution is 2.27. The van der Waals surface area contributed by atoms with Crippen LogP contribution in [0, 0.1) is 0 Å². The molecule has 2 unspecified atom stereocenters. The maximum absolute atomic E-state index is 12.0. The minimum absolute atomic E-state index is 0.140. The van der Waals surface area contributed by atoms with Crippen molar-refractivity contribution in [3.8, 4) is 0 Å². The molecule has 2 fully saturated rings. The zero-order valence-electron chi connectivity index (χ0n) is 11.7. The van der Waals surface area contributed by atoms with Crippen molar-refractivity contribution in [2.75, 3.05) is 18.4 Å². The van der Waals surface area contributed by atoms with E-state index in [1.165, 1.54) is 36.8 Å². The minimum Gasteiger partial charge on any atom is -0.478 e. The van der Waals surface area contributed by atoms with Gasteiger partial charge >= 0.3 is 12.0 Å². The van der Waals surface area contributed by atoms with Gasteiger partial charge in [-0.25, -0.2) is 9.59 Å². The first-order valence-electron chi connectivity index (χ1n) is 7.26. The van der Waals surface area contributed by atoms with Crippen LogP contribution in [-0.2, 0) is 0 Å². The lowest BCUT2D eigenvalue weighted by atomic mass is 9.98. The first-order chi connectivity index (χ1) is 10.1. The van der Waals surface area contributed by atoms with E-state index in [1.54, 1.807) is 5.38 Å². The summed E-state index contributed by atoms with van der Waals surface area (Å²) in [6, 6.07) is 1.97. The fraction of sp³-hybridized carbons (Fsp3) is 0.571. The summed E-state index contributed by atoms with van der Waals surface area (Å²) in [6.07, 6.45) is 4.42. The van der Waals surface area contributed by atoms with Gasteiger partial charge in [0, 0.05) is 18.6 Å². The third-order valence-electron chi connectivity index (χ3n) is 4.28. The standard InChI is InChI=1S/C14H19N3O3S/c18-13(19)11-4-7-21-12(11)16-14(20)15-9-3-6-17-5-1-2-10(17)8-9/h4,7,9-10H,1-3,5-6,8H2,(H,18,19)(H2,15,16,20). The molecule has 6 nitrogen and oxygen atoms in total. The molecule has 2 amide bonds. The molecule has 3 N–H and O–H groups in total. The number of amides is 2. The van der Waals surface area contributed by atoms with E-state index in [2.05, 4.69) is 15.5 Å². The van der Waals surface area contributed by atoms with Crippen LogP contribution >= 0.6 is 11.3 Å². The molecule has 21 heavy (non-hydrogen) atoms. The number of carboxylic acid groups (broad SMARTS) is 1. The number of fused-ring (bicyclic) bond motifs is 1. The van der Waals surface area contributed by atoms with Gasteiger partial charge in [-0.05, 0) is 43.7 Å². The molecule has 0 aromatic carbocycles. The highest BCUT2D eigenvalue weighted by molar-refractivity contribution is 7.14. The summed E-state index contributed by atoms with van der Waals surface area (Å²) in [6.45, 7) is 2.22. The van der Waals surface area contributed by atoms with Crippen LogP contribution in [0.1, 0.15) is 36.0 Å². The summed E-state index contributed by atoms with van der Waals surface area (Å²) < 4.78 is 0. The molecule has 2 saturated heterocycles. The lowest BCUT2D eigenvalue weighted by Crippen LogP contribution is -2.48. The van der Waals surface area contributed by atoms with Crippen molar-refractivity contribution in [3.63, 3.8) is 0 Å². The third kappa shape index (κ3) is 3.19. The highest BCUT2D eigenvalue weighted by atomic mass is 32.1. The first kappa shape index (κ1) is 14.3. The number of nitrogens with one attached hydrogen (secondary N) is 2. The Morgan fingerprint density at radius 3 is 3.00 bits per heavy atom. The van der Waals surface area contributed by atoms with Crippen LogP contribution in [0.3, 0.4) is 0 Å². The van der Waals surface area contributed by atoms with Crippen LogP contribution in [0.25, 0.3) is 0 Å². The molecule has 2 aliphatic heterocycles. The fourth-order valence-corrected chi connectivity index (χ4v) is 4.03. The van der Waals surface area contributed by atoms with Crippen LogP contribution in [-0.4, -0.2) is 47.2 Å². The van der Waals surface area contributed by atoms with E-state index < -0.39 is 5.97 Å². The van der Waals surface area contributed by atoms with Crippen LogP contribution in [0.4, 0.5) is 9.80 Å². The number of rotatable bonds is 3. The Hall–Kier alpha value is -1.60.